The van der Waals surface area contributed by atoms with Gasteiger partial charge >= 0.3 is 0 Å². The molecule has 0 amide bonds. The summed E-state index contributed by atoms with van der Waals surface area (Å²) in [5.41, 5.74) is 7.68. The van der Waals surface area contributed by atoms with Crippen molar-refractivity contribution >= 4 is 17.1 Å². The topological polar surface area (TPSA) is 89.9 Å². The average Bonchev–Trinajstić information content (AvgIpc) is 2.49. The first-order valence-corrected chi connectivity index (χ1v) is 4.28. The number of aromatic nitrogens is 4. The normalized spacial score (nSPS) is 11.0. The maximum atomic E-state index is 8.81. The van der Waals surface area contributed by atoms with Crippen molar-refractivity contribution in [1.82, 2.24) is 19.5 Å². The van der Waals surface area contributed by atoms with E-state index in [-0.39, 0.29) is 12.6 Å². The minimum atomic E-state index is 0.0500. The van der Waals surface area contributed by atoms with Gasteiger partial charge in [0.15, 0.2) is 5.65 Å². The zero-order valence-electron chi connectivity index (χ0n) is 7.80. The molecule has 14 heavy (non-hydrogen) atoms. The van der Waals surface area contributed by atoms with Gasteiger partial charge in [-0.1, -0.05) is 0 Å². The fraction of sp³-hybridized carbons (Fsp3) is 0.375. The number of aliphatic hydroxyl groups excluding tert-OH is 1. The summed E-state index contributed by atoms with van der Waals surface area (Å²) in [5, 5.41) is 8.81. The van der Waals surface area contributed by atoms with Gasteiger partial charge < -0.3 is 15.4 Å². The molecule has 0 saturated carbocycles. The molecule has 6 heteroatoms. The third-order valence-electron chi connectivity index (χ3n) is 2.00. The third kappa shape index (κ3) is 1.29. The molecular weight excluding hydrogens is 182 g/mol. The fourth-order valence-electron chi connectivity index (χ4n) is 1.38. The van der Waals surface area contributed by atoms with Gasteiger partial charge in [-0.05, 0) is 6.92 Å². The van der Waals surface area contributed by atoms with Gasteiger partial charge in [-0.15, -0.1) is 0 Å². The Morgan fingerprint density at radius 3 is 3.00 bits per heavy atom. The number of nitrogen functional groups attached to an aromatic ring is 1. The van der Waals surface area contributed by atoms with Crippen LogP contribution in [-0.4, -0.2) is 31.2 Å². The Kier molecular flexibility index (Phi) is 2.05. The number of rotatable bonds is 2. The highest BCUT2D eigenvalue weighted by atomic mass is 16.3. The minimum absolute atomic E-state index is 0.0500. The SMILES string of the molecule is Cc1nc(N)nc2c1ncn2CCO. The molecule has 2 aromatic rings. The Labute approximate surface area is 80.4 Å². The number of aryl methyl sites for hydroxylation is 1. The first-order valence-electron chi connectivity index (χ1n) is 4.28. The van der Waals surface area contributed by atoms with Crippen LogP contribution in [0.2, 0.25) is 0 Å². The Morgan fingerprint density at radius 2 is 2.29 bits per heavy atom. The molecule has 0 aliphatic carbocycles. The molecule has 0 aliphatic heterocycles. The van der Waals surface area contributed by atoms with Gasteiger partial charge in [0.05, 0.1) is 18.6 Å². The van der Waals surface area contributed by atoms with Crippen LogP contribution in [0.15, 0.2) is 6.33 Å². The van der Waals surface area contributed by atoms with E-state index in [1.807, 2.05) is 6.92 Å². The lowest BCUT2D eigenvalue weighted by Crippen LogP contribution is -2.04. The summed E-state index contributed by atoms with van der Waals surface area (Å²) in [6, 6.07) is 0. The molecule has 0 spiro atoms. The highest BCUT2D eigenvalue weighted by Gasteiger charge is 2.08. The molecular formula is C8H11N5O. The molecule has 2 heterocycles. The van der Waals surface area contributed by atoms with E-state index in [9.17, 15) is 0 Å². The summed E-state index contributed by atoms with van der Waals surface area (Å²) >= 11 is 0. The summed E-state index contributed by atoms with van der Waals surface area (Å²) in [7, 11) is 0. The van der Waals surface area contributed by atoms with Crippen LogP contribution in [0.25, 0.3) is 11.2 Å². The molecule has 0 aromatic carbocycles. The molecule has 3 N–H and O–H groups in total. The summed E-state index contributed by atoms with van der Waals surface area (Å²) in [6.07, 6.45) is 1.63. The second kappa shape index (κ2) is 3.22. The van der Waals surface area contributed by atoms with Gasteiger partial charge in [0.25, 0.3) is 0 Å². The number of fused-ring (bicyclic) bond motifs is 1. The predicted molar refractivity (Wildman–Crippen MR) is 51.6 cm³/mol. The highest BCUT2D eigenvalue weighted by molar-refractivity contribution is 5.74. The first kappa shape index (κ1) is 8.89. The number of nitrogens with zero attached hydrogens (tertiary/aromatic N) is 4. The van der Waals surface area contributed by atoms with Crippen LogP contribution in [0.4, 0.5) is 5.95 Å². The number of hydrogen-bond acceptors (Lipinski definition) is 5. The van der Waals surface area contributed by atoms with Crippen molar-refractivity contribution in [3.05, 3.63) is 12.0 Å². The van der Waals surface area contributed by atoms with Crippen LogP contribution in [0.1, 0.15) is 5.69 Å². The van der Waals surface area contributed by atoms with Crippen LogP contribution >= 0.6 is 0 Å². The Balaban J connectivity index is 2.66. The maximum Gasteiger partial charge on any atom is 0.222 e. The number of nitrogens with two attached hydrogens (primary N) is 1. The first-order chi connectivity index (χ1) is 6.72. The van der Waals surface area contributed by atoms with E-state index in [1.54, 1.807) is 10.9 Å². The second-order valence-electron chi connectivity index (χ2n) is 3.00. The van der Waals surface area contributed by atoms with Crippen molar-refractivity contribution in [2.24, 2.45) is 0 Å². The van der Waals surface area contributed by atoms with Gasteiger partial charge in [-0.2, -0.15) is 4.98 Å². The zero-order chi connectivity index (χ0) is 10.1. The number of aliphatic hydroxyl groups is 1. The van der Waals surface area contributed by atoms with Gasteiger partial charge in [0, 0.05) is 6.54 Å². The lowest BCUT2D eigenvalue weighted by Gasteiger charge is -2.01. The molecule has 0 radical (unpaired) electrons. The van der Waals surface area contributed by atoms with Crippen LogP contribution in [0.5, 0.6) is 0 Å². The van der Waals surface area contributed by atoms with Crippen molar-refractivity contribution in [2.45, 2.75) is 13.5 Å². The third-order valence-corrected chi connectivity index (χ3v) is 2.00. The smallest absolute Gasteiger partial charge is 0.222 e. The molecule has 74 valence electrons. The second-order valence-corrected chi connectivity index (χ2v) is 3.00. The van der Waals surface area contributed by atoms with E-state index in [4.69, 9.17) is 10.8 Å². The van der Waals surface area contributed by atoms with E-state index in [0.717, 1.165) is 11.2 Å². The van der Waals surface area contributed by atoms with Gasteiger partial charge in [-0.3, -0.25) is 0 Å². The van der Waals surface area contributed by atoms with Crippen LogP contribution < -0.4 is 5.73 Å². The zero-order valence-corrected chi connectivity index (χ0v) is 7.80. The quantitative estimate of drug-likeness (QED) is 0.684. The Hall–Kier alpha value is -1.69. The lowest BCUT2D eigenvalue weighted by atomic mass is 10.4. The molecule has 2 aromatic heterocycles. The van der Waals surface area contributed by atoms with Gasteiger partial charge in [-0.25, -0.2) is 9.97 Å². The summed E-state index contributed by atoms with van der Waals surface area (Å²) in [4.78, 5) is 12.2. The van der Waals surface area contributed by atoms with Crippen molar-refractivity contribution in [3.8, 4) is 0 Å². The molecule has 0 atom stereocenters. The molecule has 0 fully saturated rings. The number of imidazole rings is 1. The molecule has 0 unspecified atom stereocenters. The summed E-state index contributed by atoms with van der Waals surface area (Å²) < 4.78 is 1.75. The molecule has 0 saturated heterocycles. The van der Waals surface area contributed by atoms with Crippen LogP contribution in [0, 0.1) is 6.92 Å². The van der Waals surface area contributed by atoms with E-state index in [1.165, 1.54) is 0 Å². The molecule has 0 aliphatic rings. The average molecular weight is 193 g/mol. The highest BCUT2D eigenvalue weighted by Crippen LogP contribution is 2.13. The summed E-state index contributed by atoms with van der Waals surface area (Å²) in [5.74, 6) is 0.231. The number of hydrogen-bond donors (Lipinski definition) is 2. The van der Waals surface area contributed by atoms with E-state index < -0.39 is 0 Å². The molecule has 2 rings (SSSR count). The fourth-order valence-corrected chi connectivity index (χ4v) is 1.38. The van der Waals surface area contributed by atoms with E-state index in [0.29, 0.717) is 12.2 Å². The monoisotopic (exact) mass is 193 g/mol. The van der Waals surface area contributed by atoms with Crippen LogP contribution in [0.3, 0.4) is 0 Å². The number of anilines is 1. The Bertz CT molecular complexity index is 464. The van der Waals surface area contributed by atoms with Crippen LogP contribution in [-0.2, 0) is 6.54 Å². The largest absolute Gasteiger partial charge is 0.395 e. The minimum Gasteiger partial charge on any atom is -0.395 e. The van der Waals surface area contributed by atoms with Gasteiger partial charge in [0.2, 0.25) is 5.95 Å². The van der Waals surface area contributed by atoms with E-state index >= 15 is 0 Å². The van der Waals surface area contributed by atoms with Gasteiger partial charge in [0.1, 0.15) is 5.52 Å². The van der Waals surface area contributed by atoms with E-state index in [2.05, 4.69) is 15.0 Å². The predicted octanol–water partition coefficient (Wildman–Crippen LogP) is -0.291. The van der Waals surface area contributed by atoms with Crippen molar-refractivity contribution in [1.29, 1.82) is 0 Å². The summed E-state index contributed by atoms with van der Waals surface area (Å²) in [6.45, 7) is 2.34. The standard InChI is InChI=1S/C8H11N5O/c1-5-6-7(12-8(9)11-5)13(2-3-14)4-10-6/h4,14H,2-3H2,1H3,(H2,9,11,12). The van der Waals surface area contributed by atoms with Crippen molar-refractivity contribution < 1.29 is 5.11 Å². The maximum absolute atomic E-state index is 8.81. The molecule has 0 bridgehead atoms. The van der Waals surface area contributed by atoms with Crippen molar-refractivity contribution in [3.63, 3.8) is 0 Å². The molecule has 6 nitrogen and oxygen atoms in total. The Morgan fingerprint density at radius 1 is 1.50 bits per heavy atom. The van der Waals surface area contributed by atoms with Crippen molar-refractivity contribution in [2.75, 3.05) is 12.3 Å². The lowest BCUT2D eigenvalue weighted by molar-refractivity contribution is 0.277.